The molecule has 0 radical (unpaired) electrons. The Morgan fingerprint density at radius 2 is 1.95 bits per heavy atom. The predicted molar refractivity (Wildman–Crippen MR) is 79.7 cm³/mol. The van der Waals surface area contributed by atoms with Gasteiger partial charge in [-0.3, -0.25) is 0 Å². The van der Waals surface area contributed by atoms with E-state index >= 15 is 0 Å². The number of likely N-dealkylation sites (tertiary alicyclic amines) is 1. The lowest BCUT2D eigenvalue weighted by atomic mass is 10.0. The normalized spacial score (nSPS) is 18.2. The van der Waals surface area contributed by atoms with E-state index in [1.807, 2.05) is 20.0 Å². The zero-order valence-corrected chi connectivity index (χ0v) is 12.2. The molecule has 1 aliphatic rings. The monoisotopic (exact) mass is 262 g/mol. The van der Waals surface area contributed by atoms with Gasteiger partial charge in [0.2, 0.25) is 0 Å². The smallest absolute Gasteiger partial charge is 0.124 e. The molecule has 0 aromatic heterocycles. The Morgan fingerprint density at radius 3 is 2.63 bits per heavy atom. The molecule has 3 heteroatoms. The standard InChI is InChI=1S/C16H26N2O/c1-3-19-16-10-6-5-9-14(16)15(17-2)13-18-11-7-4-8-12-18/h5-6,9-10,15,17H,3-4,7-8,11-13H2,1-2H3. The number of para-hydroxylation sites is 1. The van der Waals surface area contributed by atoms with Crippen LogP contribution in [-0.2, 0) is 0 Å². The molecule has 0 spiro atoms. The van der Waals surface area contributed by atoms with E-state index in [1.165, 1.54) is 37.9 Å². The van der Waals surface area contributed by atoms with E-state index in [2.05, 4.69) is 28.4 Å². The molecule has 1 aliphatic heterocycles. The first-order valence-corrected chi connectivity index (χ1v) is 7.46. The van der Waals surface area contributed by atoms with E-state index in [4.69, 9.17) is 4.74 Å². The fourth-order valence-corrected chi connectivity index (χ4v) is 2.80. The molecule has 19 heavy (non-hydrogen) atoms. The van der Waals surface area contributed by atoms with Gasteiger partial charge in [0.05, 0.1) is 6.61 Å². The lowest BCUT2D eigenvalue weighted by Gasteiger charge is -2.31. The maximum Gasteiger partial charge on any atom is 0.124 e. The number of hydrogen-bond donors (Lipinski definition) is 1. The molecule has 1 aromatic carbocycles. The van der Waals surface area contributed by atoms with Crippen molar-refractivity contribution in [1.82, 2.24) is 10.2 Å². The van der Waals surface area contributed by atoms with Crippen LogP contribution >= 0.6 is 0 Å². The Balaban J connectivity index is 2.07. The third-order valence-electron chi connectivity index (χ3n) is 3.83. The molecule has 1 heterocycles. The van der Waals surface area contributed by atoms with Crippen LogP contribution in [-0.4, -0.2) is 38.2 Å². The zero-order valence-electron chi connectivity index (χ0n) is 12.2. The molecule has 0 saturated carbocycles. The molecule has 3 nitrogen and oxygen atoms in total. The van der Waals surface area contributed by atoms with Crippen molar-refractivity contribution in [3.8, 4) is 5.75 Å². The van der Waals surface area contributed by atoms with Crippen molar-refractivity contribution in [3.63, 3.8) is 0 Å². The summed E-state index contributed by atoms with van der Waals surface area (Å²) >= 11 is 0. The first-order valence-electron chi connectivity index (χ1n) is 7.46. The summed E-state index contributed by atoms with van der Waals surface area (Å²) in [7, 11) is 2.04. The summed E-state index contributed by atoms with van der Waals surface area (Å²) in [5.74, 6) is 1.02. The van der Waals surface area contributed by atoms with Gasteiger partial charge < -0.3 is 15.0 Å². The van der Waals surface area contributed by atoms with Gasteiger partial charge in [-0.1, -0.05) is 24.6 Å². The van der Waals surface area contributed by atoms with Crippen molar-refractivity contribution in [2.75, 3.05) is 33.3 Å². The molecule has 1 unspecified atom stereocenters. The number of ether oxygens (including phenoxy) is 1. The summed E-state index contributed by atoms with van der Waals surface area (Å²) in [4.78, 5) is 2.56. The van der Waals surface area contributed by atoms with Crippen LogP contribution in [0.4, 0.5) is 0 Å². The Bertz CT molecular complexity index is 375. The van der Waals surface area contributed by atoms with Gasteiger partial charge in [-0.25, -0.2) is 0 Å². The van der Waals surface area contributed by atoms with Crippen molar-refractivity contribution in [1.29, 1.82) is 0 Å². The number of hydrogen-bond acceptors (Lipinski definition) is 3. The molecule has 106 valence electrons. The van der Waals surface area contributed by atoms with Crippen LogP contribution < -0.4 is 10.1 Å². The Kier molecular flexibility index (Phi) is 5.67. The maximum absolute atomic E-state index is 5.75. The average Bonchev–Trinajstić information content (AvgIpc) is 2.47. The molecule has 0 bridgehead atoms. The highest BCUT2D eigenvalue weighted by atomic mass is 16.5. The SMILES string of the molecule is CCOc1ccccc1C(CN1CCCCC1)NC. The van der Waals surface area contributed by atoms with Gasteiger partial charge in [-0.05, 0) is 46.0 Å². The second-order valence-electron chi connectivity index (χ2n) is 5.17. The van der Waals surface area contributed by atoms with Gasteiger partial charge in [-0.2, -0.15) is 0 Å². The lowest BCUT2D eigenvalue weighted by molar-refractivity contribution is 0.206. The summed E-state index contributed by atoms with van der Waals surface area (Å²) in [6.07, 6.45) is 4.06. The van der Waals surface area contributed by atoms with Crippen molar-refractivity contribution in [3.05, 3.63) is 29.8 Å². The first kappa shape index (κ1) is 14.4. The Labute approximate surface area is 116 Å². The molecule has 1 aromatic rings. The van der Waals surface area contributed by atoms with E-state index < -0.39 is 0 Å². The second-order valence-corrected chi connectivity index (χ2v) is 5.17. The largest absolute Gasteiger partial charge is 0.494 e. The van der Waals surface area contributed by atoms with Crippen LogP contribution in [0.3, 0.4) is 0 Å². The highest BCUT2D eigenvalue weighted by Crippen LogP contribution is 2.26. The number of rotatable bonds is 6. The van der Waals surface area contributed by atoms with Crippen LogP contribution in [0, 0.1) is 0 Å². The third kappa shape index (κ3) is 3.95. The van der Waals surface area contributed by atoms with Crippen LogP contribution in [0.1, 0.15) is 37.8 Å². The number of nitrogens with one attached hydrogen (secondary N) is 1. The van der Waals surface area contributed by atoms with Crippen LogP contribution in [0.25, 0.3) is 0 Å². The molecule has 0 aliphatic carbocycles. The summed E-state index contributed by atoms with van der Waals surface area (Å²) in [5, 5.41) is 3.44. The molecule has 0 amide bonds. The van der Waals surface area contributed by atoms with Crippen molar-refractivity contribution in [2.45, 2.75) is 32.2 Å². The van der Waals surface area contributed by atoms with Gasteiger partial charge in [0.1, 0.15) is 5.75 Å². The molecular weight excluding hydrogens is 236 g/mol. The van der Waals surface area contributed by atoms with Gasteiger partial charge in [0.15, 0.2) is 0 Å². The number of benzene rings is 1. The van der Waals surface area contributed by atoms with Crippen molar-refractivity contribution in [2.24, 2.45) is 0 Å². The Morgan fingerprint density at radius 1 is 1.21 bits per heavy atom. The molecule has 1 saturated heterocycles. The lowest BCUT2D eigenvalue weighted by Crippen LogP contribution is -2.37. The van der Waals surface area contributed by atoms with E-state index in [1.54, 1.807) is 0 Å². The Hall–Kier alpha value is -1.06. The van der Waals surface area contributed by atoms with Gasteiger partial charge in [-0.15, -0.1) is 0 Å². The highest BCUT2D eigenvalue weighted by Gasteiger charge is 2.19. The van der Waals surface area contributed by atoms with E-state index in [9.17, 15) is 0 Å². The van der Waals surface area contributed by atoms with Crippen molar-refractivity contribution < 1.29 is 4.74 Å². The fraction of sp³-hybridized carbons (Fsp3) is 0.625. The van der Waals surface area contributed by atoms with Crippen LogP contribution in [0.2, 0.25) is 0 Å². The fourth-order valence-electron chi connectivity index (χ4n) is 2.80. The second kappa shape index (κ2) is 7.51. The van der Waals surface area contributed by atoms with E-state index in [0.29, 0.717) is 6.04 Å². The molecule has 2 rings (SSSR count). The highest BCUT2D eigenvalue weighted by molar-refractivity contribution is 5.36. The topological polar surface area (TPSA) is 24.5 Å². The number of piperidine rings is 1. The minimum Gasteiger partial charge on any atom is -0.494 e. The number of likely N-dealkylation sites (N-methyl/N-ethyl adjacent to an activating group) is 1. The van der Waals surface area contributed by atoms with Crippen LogP contribution in [0.15, 0.2) is 24.3 Å². The summed E-state index contributed by atoms with van der Waals surface area (Å²) in [6, 6.07) is 8.73. The zero-order chi connectivity index (χ0) is 13.5. The molecular formula is C16H26N2O. The van der Waals surface area contributed by atoms with Crippen molar-refractivity contribution >= 4 is 0 Å². The molecule has 1 fully saturated rings. The van der Waals surface area contributed by atoms with E-state index in [-0.39, 0.29) is 0 Å². The molecule has 1 atom stereocenters. The first-order chi connectivity index (χ1) is 9.35. The molecule has 1 N–H and O–H groups in total. The summed E-state index contributed by atoms with van der Waals surface area (Å²) in [5.41, 5.74) is 1.28. The quantitative estimate of drug-likeness (QED) is 0.853. The van der Waals surface area contributed by atoms with Crippen LogP contribution in [0.5, 0.6) is 5.75 Å². The third-order valence-corrected chi connectivity index (χ3v) is 3.83. The van der Waals surface area contributed by atoms with Gasteiger partial charge >= 0.3 is 0 Å². The summed E-state index contributed by atoms with van der Waals surface area (Å²) < 4.78 is 5.75. The summed E-state index contributed by atoms with van der Waals surface area (Å²) in [6.45, 7) is 6.29. The van der Waals surface area contributed by atoms with E-state index in [0.717, 1.165) is 18.9 Å². The predicted octanol–water partition coefficient (Wildman–Crippen LogP) is 2.83. The minimum atomic E-state index is 0.348. The van der Waals surface area contributed by atoms with Gasteiger partial charge in [0, 0.05) is 18.2 Å². The average molecular weight is 262 g/mol. The van der Waals surface area contributed by atoms with Gasteiger partial charge in [0.25, 0.3) is 0 Å². The minimum absolute atomic E-state index is 0.348. The maximum atomic E-state index is 5.75. The number of nitrogens with zero attached hydrogens (tertiary/aromatic N) is 1.